The molecule has 24 heavy (non-hydrogen) atoms. The fourth-order valence-corrected chi connectivity index (χ4v) is 2.85. The number of aromatic carboxylic acids is 1. The van der Waals surface area contributed by atoms with Crippen molar-refractivity contribution in [3.63, 3.8) is 0 Å². The van der Waals surface area contributed by atoms with Gasteiger partial charge in [0, 0.05) is 11.9 Å². The van der Waals surface area contributed by atoms with E-state index in [1.54, 1.807) is 12.1 Å². The minimum atomic E-state index is -0.907. The lowest BCUT2D eigenvalue weighted by Crippen LogP contribution is -2.06. The second-order valence-electron chi connectivity index (χ2n) is 5.78. The van der Waals surface area contributed by atoms with E-state index >= 15 is 0 Å². The zero-order valence-corrected chi connectivity index (χ0v) is 13.6. The number of carboxylic acids is 1. The molecule has 0 bridgehead atoms. The van der Waals surface area contributed by atoms with Gasteiger partial charge in [-0.2, -0.15) is 5.10 Å². The van der Waals surface area contributed by atoms with Crippen molar-refractivity contribution >= 4 is 5.97 Å². The van der Waals surface area contributed by atoms with E-state index in [2.05, 4.69) is 18.1 Å². The lowest BCUT2D eigenvalue weighted by Gasteiger charge is -2.09. The van der Waals surface area contributed by atoms with E-state index in [0.717, 1.165) is 36.1 Å². The number of hydrogen-bond donors (Lipinski definition) is 1. The van der Waals surface area contributed by atoms with Gasteiger partial charge in [-0.05, 0) is 35.2 Å². The second-order valence-corrected chi connectivity index (χ2v) is 5.78. The van der Waals surface area contributed by atoms with Gasteiger partial charge in [-0.1, -0.05) is 55.8 Å². The van der Waals surface area contributed by atoms with Crippen molar-refractivity contribution in [2.75, 3.05) is 0 Å². The van der Waals surface area contributed by atoms with E-state index in [4.69, 9.17) is 0 Å². The average molecular weight is 320 g/mol. The molecule has 0 saturated carbocycles. The molecule has 122 valence electrons. The molecule has 0 amide bonds. The molecule has 1 aromatic heterocycles. The predicted molar refractivity (Wildman–Crippen MR) is 94.2 cm³/mol. The quantitative estimate of drug-likeness (QED) is 0.738. The maximum absolute atomic E-state index is 11.4. The summed E-state index contributed by atoms with van der Waals surface area (Å²) in [4.78, 5) is 11.4. The third kappa shape index (κ3) is 3.38. The zero-order valence-electron chi connectivity index (χ0n) is 13.6. The molecule has 1 heterocycles. The SMILES string of the molecule is CCCc1ccnn1Cc1ccc(-c2ccccc2C(=O)O)cc1. The van der Waals surface area contributed by atoms with E-state index in [1.165, 1.54) is 5.69 Å². The fourth-order valence-electron chi connectivity index (χ4n) is 2.85. The third-order valence-corrected chi connectivity index (χ3v) is 4.07. The molecule has 0 unspecified atom stereocenters. The number of aryl methyl sites for hydroxylation is 1. The van der Waals surface area contributed by atoms with Crippen LogP contribution in [0.25, 0.3) is 11.1 Å². The monoisotopic (exact) mass is 320 g/mol. The normalized spacial score (nSPS) is 10.7. The maximum atomic E-state index is 11.4. The van der Waals surface area contributed by atoms with E-state index in [1.807, 2.05) is 47.3 Å². The van der Waals surface area contributed by atoms with Crippen LogP contribution in [0.15, 0.2) is 60.8 Å². The van der Waals surface area contributed by atoms with Crippen molar-refractivity contribution in [1.82, 2.24) is 9.78 Å². The van der Waals surface area contributed by atoms with Crippen LogP contribution in [0.4, 0.5) is 0 Å². The van der Waals surface area contributed by atoms with Gasteiger partial charge in [-0.25, -0.2) is 4.79 Å². The van der Waals surface area contributed by atoms with Crippen molar-refractivity contribution < 1.29 is 9.90 Å². The predicted octanol–water partition coefficient (Wildman–Crippen LogP) is 4.25. The van der Waals surface area contributed by atoms with Gasteiger partial charge < -0.3 is 5.11 Å². The Morgan fingerprint density at radius 1 is 1.08 bits per heavy atom. The highest BCUT2D eigenvalue weighted by Crippen LogP contribution is 2.24. The second kappa shape index (κ2) is 7.13. The summed E-state index contributed by atoms with van der Waals surface area (Å²) in [5.74, 6) is -0.907. The molecule has 4 heteroatoms. The molecular weight excluding hydrogens is 300 g/mol. The van der Waals surface area contributed by atoms with Crippen LogP contribution in [0.2, 0.25) is 0 Å². The third-order valence-electron chi connectivity index (χ3n) is 4.07. The smallest absolute Gasteiger partial charge is 0.336 e. The Balaban J connectivity index is 1.84. The van der Waals surface area contributed by atoms with Gasteiger partial charge >= 0.3 is 5.97 Å². The van der Waals surface area contributed by atoms with Gasteiger partial charge in [-0.15, -0.1) is 0 Å². The minimum Gasteiger partial charge on any atom is -0.478 e. The largest absolute Gasteiger partial charge is 0.478 e. The number of nitrogens with zero attached hydrogens (tertiary/aromatic N) is 2. The number of benzene rings is 2. The summed E-state index contributed by atoms with van der Waals surface area (Å²) in [6.07, 6.45) is 3.95. The number of aromatic nitrogens is 2. The minimum absolute atomic E-state index is 0.322. The summed E-state index contributed by atoms with van der Waals surface area (Å²) in [6.45, 7) is 2.88. The van der Waals surface area contributed by atoms with Crippen molar-refractivity contribution in [3.8, 4) is 11.1 Å². The van der Waals surface area contributed by atoms with Gasteiger partial charge in [0.15, 0.2) is 0 Å². The maximum Gasteiger partial charge on any atom is 0.336 e. The van der Waals surface area contributed by atoms with Gasteiger partial charge in [-0.3, -0.25) is 4.68 Å². The molecule has 1 N–H and O–H groups in total. The highest BCUT2D eigenvalue weighted by atomic mass is 16.4. The topological polar surface area (TPSA) is 55.1 Å². The van der Waals surface area contributed by atoms with E-state index in [0.29, 0.717) is 5.56 Å². The highest BCUT2D eigenvalue weighted by molar-refractivity contribution is 5.95. The highest BCUT2D eigenvalue weighted by Gasteiger charge is 2.10. The van der Waals surface area contributed by atoms with Gasteiger partial charge in [0.05, 0.1) is 12.1 Å². The molecule has 0 aliphatic rings. The Labute approximate surface area is 141 Å². The lowest BCUT2D eigenvalue weighted by atomic mass is 9.99. The van der Waals surface area contributed by atoms with Crippen molar-refractivity contribution in [3.05, 3.63) is 77.6 Å². The van der Waals surface area contributed by atoms with Gasteiger partial charge in [0.1, 0.15) is 0 Å². The summed E-state index contributed by atoms with van der Waals surface area (Å²) in [5, 5.41) is 13.7. The number of rotatable bonds is 6. The molecule has 2 aromatic carbocycles. The van der Waals surface area contributed by atoms with Crippen molar-refractivity contribution in [1.29, 1.82) is 0 Å². The molecule has 0 spiro atoms. The first-order valence-electron chi connectivity index (χ1n) is 8.11. The van der Waals surface area contributed by atoms with Crippen LogP contribution in [-0.4, -0.2) is 20.9 Å². The van der Waals surface area contributed by atoms with Crippen LogP contribution in [0.5, 0.6) is 0 Å². The lowest BCUT2D eigenvalue weighted by molar-refractivity contribution is 0.0697. The van der Waals surface area contributed by atoms with Crippen LogP contribution in [0.3, 0.4) is 0 Å². The first-order valence-corrected chi connectivity index (χ1v) is 8.11. The zero-order chi connectivity index (χ0) is 16.9. The van der Waals surface area contributed by atoms with Crippen molar-refractivity contribution in [2.45, 2.75) is 26.3 Å². The summed E-state index contributed by atoms with van der Waals surface area (Å²) < 4.78 is 2.02. The number of carboxylic acid groups (broad SMARTS) is 1. The summed E-state index contributed by atoms with van der Waals surface area (Å²) in [7, 11) is 0. The Bertz CT molecular complexity index is 835. The Kier molecular flexibility index (Phi) is 4.75. The molecule has 0 atom stereocenters. The van der Waals surface area contributed by atoms with Crippen LogP contribution < -0.4 is 0 Å². The number of carbonyl (C=O) groups is 1. The molecule has 0 fully saturated rings. The summed E-state index contributed by atoms with van der Waals surface area (Å²) in [5.41, 5.74) is 4.35. The standard InChI is InChI=1S/C20H20N2O2/c1-2-5-17-12-13-21-22(17)14-15-8-10-16(11-9-15)18-6-3-4-7-19(18)20(23)24/h3-4,6-13H,2,5,14H2,1H3,(H,23,24). The van der Waals surface area contributed by atoms with E-state index < -0.39 is 5.97 Å². The first kappa shape index (κ1) is 16.0. The molecular formula is C20H20N2O2. The Morgan fingerprint density at radius 2 is 1.83 bits per heavy atom. The molecule has 4 nitrogen and oxygen atoms in total. The van der Waals surface area contributed by atoms with Crippen LogP contribution in [0.1, 0.15) is 35.0 Å². The molecule has 0 radical (unpaired) electrons. The van der Waals surface area contributed by atoms with Crippen LogP contribution in [0, 0.1) is 0 Å². The Hall–Kier alpha value is -2.88. The average Bonchev–Trinajstić information content (AvgIpc) is 3.03. The van der Waals surface area contributed by atoms with E-state index in [-0.39, 0.29) is 0 Å². The first-order chi connectivity index (χ1) is 11.7. The summed E-state index contributed by atoms with van der Waals surface area (Å²) in [6, 6.07) is 17.1. The molecule has 3 aromatic rings. The van der Waals surface area contributed by atoms with Crippen molar-refractivity contribution in [2.24, 2.45) is 0 Å². The molecule has 0 aliphatic heterocycles. The van der Waals surface area contributed by atoms with E-state index in [9.17, 15) is 9.90 Å². The van der Waals surface area contributed by atoms with Gasteiger partial charge in [0.25, 0.3) is 0 Å². The molecule has 0 saturated heterocycles. The molecule has 0 aliphatic carbocycles. The van der Waals surface area contributed by atoms with Crippen LogP contribution in [-0.2, 0) is 13.0 Å². The van der Waals surface area contributed by atoms with Gasteiger partial charge in [0.2, 0.25) is 0 Å². The Morgan fingerprint density at radius 3 is 2.54 bits per heavy atom. The summed E-state index contributed by atoms with van der Waals surface area (Å²) >= 11 is 0. The molecule has 3 rings (SSSR count). The number of hydrogen-bond acceptors (Lipinski definition) is 2. The fraction of sp³-hybridized carbons (Fsp3) is 0.200. The van der Waals surface area contributed by atoms with Crippen LogP contribution >= 0.6 is 0 Å².